The summed E-state index contributed by atoms with van der Waals surface area (Å²) in [5.74, 6) is 0.0817. The van der Waals surface area contributed by atoms with Gasteiger partial charge in [-0.1, -0.05) is 29.8 Å². The molecule has 1 saturated heterocycles. The van der Waals surface area contributed by atoms with Crippen LogP contribution in [0.4, 0.5) is 5.69 Å². The normalized spacial score (nSPS) is 14.9. The minimum atomic E-state index is -0.618. The Morgan fingerprint density at radius 3 is 2.23 bits per heavy atom. The predicted octanol–water partition coefficient (Wildman–Crippen LogP) is 4.71. The van der Waals surface area contributed by atoms with E-state index in [-0.39, 0.29) is 11.8 Å². The van der Waals surface area contributed by atoms with Gasteiger partial charge in [-0.3, -0.25) is 14.4 Å². The third-order valence-electron chi connectivity index (χ3n) is 6.83. The zero-order chi connectivity index (χ0) is 28.8. The molecule has 3 amide bonds. The van der Waals surface area contributed by atoms with Gasteiger partial charge in [-0.15, -0.1) is 0 Å². The molecule has 3 aromatic rings. The lowest BCUT2D eigenvalue weighted by Crippen LogP contribution is -2.45. The Balaban J connectivity index is 1.74. The minimum Gasteiger partial charge on any atom is -0.493 e. The Morgan fingerprint density at radius 2 is 1.60 bits per heavy atom. The fourth-order valence-corrected chi connectivity index (χ4v) is 4.78. The maximum atomic E-state index is 13.8. The number of rotatable bonds is 8. The Morgan fingerprint density at radius 1 is 0.925 bits per heavy atom. The molecule has 1 heterocycles. The van der Waals surface area contributed by atoms with E-state index in [1.54, 1.807) is 49.5 Å². The maximum absolute atomic E-state index is 13.8. The number of carbonyl (C=O) groups is 3. The summed E-state index contributed by atoms with van der Waals surface area (Å²) >= 11 is 6.11. The van der Waals surface area contributed by atoms with Crippen LogP contribution in [0.5, 0.6) is 17.2 Å². The highest BCUT2D eigenvalue weighted by molar-refractivity contribution is 6.30. The van der Waals surface area contributed by atoms with Gasteiger partial charge in [0.15, 0.2) is 11.5 Å². The molecule has 0 radical (unpaired) electrons. The van der Waals surface area contributed by atoms with Crippen LogP contribution in [0.2, 0.25) is 5.02 Å². The SMILES string of the molecule is COc1cc(C(=O)N(C)c2cc(C(=O)N[C@@H]3CCCCNC3=O)ccc2-c2ccc(Cl)cc2)cc(OC)c1OC. The van der Waals surface area contributed by atoms with Gasteiger partial charge in [0.05, 0.1) is 27.0 Å². The summed E-state index contributed by atoms with van der Waals surface area (Å²) < 4.78 is 16.2. The van der Waals surface area contributed by atoms with Crippen LogP contribution in [-0.2, 0) is 4.79 Å². The first-order valence-corrected chi connectivity index (χ1v) is 13.2. The van der Waals surface area contributed by atoms with Crippen molar-refractivity contribution in [2.24, 2.45) is 0 Å². The van der Waals surface area contributed by atoms with E-state index in [1.165, 1.54) is 26.2 Å². The van der Waals surface area contributed by atoms with E-state index in [4.69, 9.17) is 25.8 Å². The first-order chi connectivity index (χ1) is 19.3. The number of methoxy groups -OCH3 is 3. The Hall–Kier alpha value is -4.24. The molecule has 1 atom stereocenters. The van der Waals surface area contributed by atoms with E-state index in [9.17, 15) is 14.4 Å². The van der Waals surface area contributed by atoms with Crippen molar-refractivity contribution >= 4 is 35.0 Å². The van der Waals surface area contributed by atoms with Crippen molar-refractivity contribution in [3.63, 3.8) is 0 Å². The van der Waals surface area contributed by atoms with E-state index < -0.39 is 11.9 Å². The number of benzene rings is 3. The largest absolute Gasteiger partial charge is 0.493 e. The van der Waals surface area contributed by atoms with Crippen LogP contribution in [0.15, 0.2) is 54.6 Å². The van der Waals surface area contributed by atoms with Crippen molar-refractivity contribution in [1.29, 1.82) is 0 Å². The molecule has 40 heavy (non-hydrogen) atoms. The first-order valence-electron chi connectivity index (χ1n) is 12.8. The number of halogens is 1. The highest BCUT2D eigenvalue weighted by Crippen LogP contribution is 2.39. The molecule has 0 bridgehead atoms. The quantitative estimate of drug-likeness (QED) is 0.410. The second-order valence-electron chi connectivity index (χ2n) is 9.33. The van der Waals surface area contributed by atoms with Crippen LogP contribution in [-0.4, -0.2) is 58.7 Å². The van der Waals surface area contributed by atoms with Gasteiger partial charge in [-0.05, 0) is 61.2 Å². The molecule has 1 fully saturated rings. The third-order valence-corrected chi connectivity index (χ3v) is 7.09. The number of carbonyl (C=O) groups excluding carboxylic acids is 3. The molecule has 9 nitrogen and oxygen atoms in total. The minimum absolute atomic E-state index is 0.196. The van der Waals surface area contributed by atoms with Gasteiger partial charge in [-0.2, -0.15) is 0 Å². The van der Waals surface area contributed by atoms with Crippen molar-refractivity contribution in [2.45, 2.75) is 25.3 Å². The molecule has 4 rings (SSSR count). The summed E-state index contributed by atoms with van der Waals surface area (Å²) in [6, 6.07) is 14.8. The zero-order valence-corrected chi connectivity index (χ0v) is 23.6. The lowest BCUT2D eigenvalue weighted by atomic mass is 9.99. The number of nitrogens with one attached hydrogen (secondary N) is 2. The van der Waals surface area contributed by atoms with E-state index in [0.717, 1.165) is 18.4 Å². The van der Waals surface area contributed by atoms with E-state index in [2.05, 4.69) is 10.6 Å². The monoisotopic (exact) mass is 565 g/mol. The highest BCUT2D eigenvalue weighted by Gasteiger charge is 2.26. The number of amides is 3. The van der Waals surface area contributed by atoms with Gasteiger partial charge < -0.3 is 29.7 Å². The van der Waals surface area contributed by atoms with Gasteiger partial charge in [0, 0.05) is 35.3 Å². The number of hydrogen-bond acceptors (Lipinski definition) is 6. The molecule has 3 aromatic carbocycles. The lowest BCUT2D eigenvalue weighted by molar-refractivity contribution is -0.122. The van der Waals surface area contributed by atoms with Crippen LogP contribution in [0, 0.1) is 0 Å². The van der Waals surface area contributed by atoms with Gasteiger partial charge in [0.25, 0.3) is 11.8 Å². The van der Waals surface area contributed by atoms with Crippen LogP contribution < -0.4 is 29.7 Å². The smallest absolute Gasteiger partial charge is 0.258 e. The average molecular weight is 566 g/mol. The zero-order valence-electron chi connectivity index (χ0n) is 22.9. The molecule has 0 aliphatic carbocycles. The summed E-state index contributed by atoms with van der Waals surface area (Å²) in [7, 11) is 6.07. The average Bonchev–Trinajstić information content (AvgIpc) is 3.18. The number of ether oxygens (including phenoxy) is 3. The Bertz CT molecular complexity index is 1380. The van der Waals surface area contributed by atoms with Crippen molar-refractivity contribution in [1.82, 2.24) is 10.6 Å². The van der Waals surface area contributed by atoms with E-state index in [1.807, 2.05) is 12.1 Å². The second kappa shape index (κ2) is 12.7. The van der Waals surface area contributed by atoms with Gasteiger partial charge >= 0.3 is 0 Å². The van der Waals surface area contributed by atoms with Gasteiger partial charge in [0.1, 0.15) is 6.04 Å². The van der Waals surface area contributed by atoms with Crippen LogP contribution in [0.3, 0.4) is 0 Å². The molecule has 1 aliphatic rings. The molecule has 210 valence electrons. The second-order valence-corrected chi connectivity index (χ2v) is 9.77. The molecule has 10 heteroatoms. The third kappa shape index (κ3) is 6.15. The number of hydrogen-bond donors (Lipinski definition) is 2. The predicted molar refractivity (Wildman–Crippen MR) is 154 cm³/mol. The summed E-state index contributed by atoms with van der Waals surface area (Å²) in [6.07, 6.45) is 2.26. The van der Waals surface area contributed by atoms with Crippen molar-refractivity contribution in [2.75, 3.05) is 39.8 Å². The molecule has 2 N–H and O–H groups in total. The van der Waals surface area contributed by atoms with Gasteiger partial charge in [-0.25, -0.2) is 0 Å². The summed E-state index contributed by atoms with van der Waals surface area (Å²) in [4.78, 5) is 40.9. The summed E-state index contributed by atoms with van der Waals surface area (Å²) in [5, 5.41) is 6.25. The molecular formula is C30H32ClN3O6. The summed E-state index contributed by atoms with van der Waals surface area (Å²) in [5.41, 5.74) is 2.61. The number of nitrogens with zero attached hydrogens (tertiary/aromatic N) is 1. The van der Waals surface area contributed by atoms with Gasteiger partial charge in [0.2, 0.25) is 11.7 Å². The molecule has 0 aromatic heterocycles. The Kier molecular flexibility index (Phi) is 9.16. The van der Waals surface area contributed by atoms with E-state index in [0.29, 0.717) is 57.6 Å². The molecule has 0 unspecified atom stereocenters. The first kappa shape index (κ1) is 28.8. The lowest BCUT2D eigenvalue weighted by Gasteiger charge is -2.23. The van der Waals surface area contributed by atoms with Crippen LogP contribution in [0.25, 0.3) is 11.1 Å². The summed E-state index contributed by atoms with van der Waals surface area (Å²) in [6.45, 7) is 0.596. The number of anilines is 1. The molecule has 1 aliphatic heterocycles. The van der Waals surface area contributed by atoms with Crippen LogP contribution >= 0.6 is 11.6 Å². The van der Waals surface area contributed by atoms with Crippen molar-refractivity contribution in [3.05, 3.63) is 70.7 Å². The topological polar surface area (TPSA) is 106 Å². The fourth-order valence-electron chi connectivity index (χ4n) is 4.65. The standard InChI is InChI=1S/C30H32ClN3O6/c1-34(30(37)20-16-25(38-2)27(40-4)26(17-20)39-3)24-15-19(10-13-22(24)18-8-11-21(31)12-9-18)28(35)33-23-7-5-6-14-32-29(23)36/h8-13,15-17,23H,5-7,14H2,1-4H3,(H,32,36)(H,33,35)/t23-/m1/s1. The molecule has 0 spiro atoms. The molecular weight excluding hydrogens is 534 g/mol. The van der Waals surface area contributed by atoms with E-state index >= 15 is 0 Å². The molecule has 0 saturated carbocycles. The highest BCUT2D eigenvalue weighted by atomic mass is 35.5. The Labute approximate surface area is 238 Å². The van der Waals surface area contributed by atoms with Crippen molar-refractivity contribution in [3.8, 4) is 28.4 Å². The maximum Gasteiger partial charge on any atom is 0.258 e. The fraction of sp³-hybridized carbons (Fsp3) is 0.300. The van der Waals surface area contributed by atoms with Crippen molar-refractivity contribution < 1.29 is 28.6 Å². The van der Waals surface area contributed by atoms with Crippen LogP contribution in [0.1, 0.15) is 40.0 Å².